The molecule has 0 bridgehead atoms. The minimum atomic E-state index is -0.521. The molecular formula is C19H19Cl2N3O5. The molecule has 0 heterocycles. The molecule has 8 nitrogen and oxygen atoms in total. The third kappa shape index (κ3) is 6.00. The molecule has 2 amide bonds. The molecular weight excluding hydrogens is 421 g/mol. The number of carbonyl (C=O) groups is 2. The van der Waals surface area contributed by atoms with Crippen molar-refractivity contribution in [3.63, 3.8) is 0 Å². The fourth-order valence-electron chi connectivity index (χ4n) is 2.29. The Balaban J connectivity index is 1.96. The number of hydrogen-bond acceptors (Lipinski definition) is 6. The Morgan fingerprint density at radius 1 is 1.03 bits per heavy atom. The average Bonchev–Trinajstić information content (AvgIpc) is 2.72. The summed E-state index contributed by atoms with van der Waals surface area (Å²) in [5.41, 5.74) is 3.12. The lowest BCUT2D eigenvalue weighted by Gasteiger charge is -2.14. The van der Waals surface area contributed by atoms with Gasteiger partial charge in [0.1, 0.15) is 0 Å². The van der Waals surface area contributed by atoms with E-state index in [9.17, 15) is 9.59 Å². The molecule has 154 valence electrons. The number of ether oxygens (including phenoxy) is 3. The van der Waals surface area contributed by atoms with Crippen LogP contribution in [0.5, 0.6) is 17.2 Å². The Morgan fingerprint density at radius 3 is 2.24 bits per heavy atom. The van der Waals surface area contributed by atoms with E-state index in [2.05, 4.69) is 15.8 Å². The van der Waals surface area contributed by atoms with E-state index in [-0.39, 0.29) is 12.1 Å². The molecule has 0 aliphatic heterocycles. The van der Waals surface area contributed by atoms with Crippen LogP contribution >= 0.6 is 23.2 Å². The van der Waals surface area contributed by atoms with E-state index in [1.807, 2.05) is 0 Å². The molecule has 29 heavy (non-hydrogen) atoms. The normalized spacial score (nSPS) is 10.5. The highest BCUT2D eigenvalue weighted by Crippen LogP contribution is 2.38. The highest BCUT2D eigenvalue weighted by atomic mass is 35.5. The van der Waals surface area contributed by atoms with Gasteiger partial charge in [-0.1, -0.05) is 29.3 Å². The molecule has 0 radical (unpaired) electrons. The molecule has 0 spiro atoms. The van der Waals surface area contributed by atoms with E-state index in [0.29, 0.717) is 32.9 Å². The molecule has 0 aliphatic rings. The summed E-state index contributed by atoms with van der Waals surface area (Å²) < 4.78 is 15.6. The second kappa shape index (κ2) is 10.5. The quantitative estimate of drug-likeness (QED) is 0.486. The second-order valence-corrected chi connectivity index (χ2v) is 6.40. The number of hydrazone groups is 1. The fourth-order valence-corrected chi connectivity index (χ4v) is 2.75. The Bertz CT molecular complexity index is 909. The summed E-state index contributed by atoms with van der Waals surface area (Å²) in [5.74, 6) is -0.00691. The van der Waals surface area contributed by atoms with Crippen LogP contribution in [0.25, 0.3) is 0 Å². The van der Waals surface area contributed by atoms with Crippen molar-refractivity contribution in [3.05, 3.63) is 51.5 Å². The number of nitrogens with one attached hydrogen (secondary N) is 2. The number of rotatable bonds is 8. The van der Waals surface area contributed by atoms with Crippen LogP contribution in [0.4, 0.5) is 0 Å². The third-order valence-corrected chi connectivity index (χ3v) is 4.25. The monoisotopic (exact) mass is 439 g/mol. The van der Waals surface area contributed by atoms with Crippen molar-refractivity contribution >= 4 is 41.2 Å². The van der Waals surface area contributed by atoms with Gasteiger partial charge in [-0.15, -0.1) is 0 Å². The van der Waals surface area contributed by atoms with Crippen LogP contribution in [-0.4, -0.2) is 45.9 Å². The predicted octanol–water partition coefficient (Wildman–Crippen LogP) is 2.90. The molecule has 2 aromatic carbocycles. The van der Waals surface area contributed by atoms with E-state index < -0.39 is 11.8 Å². The lowest BCUT2D eigenvalue weighted by atomic mass is 10.1. The summed E-state index contributed by atoms with van der Waals surface area (Å²) in [4.78, 5) is 24.2. The van der Waals surface area contributed by atoms with Crippen molar-refractivity contribution < 1.29 is 23.8 Å². The van der Waals surface area contributed by atoms with Gasteiger partial charge < -0.3 is 19.5 Å². The topological polar surface area (TPSA) is 98.2 Å². The number of nitrogens with zero attached hydrogens (tertiary/aromatic N) is 1. The van der Waals surface area contributed by atoms with Gasteiger partial charge in [-0.2, -0.15) is 5.10 Å². The SMILES string of the molecule is COc1cc(C(=O)NCC(=O)N/N=C\c2ccc(Cl)cc2Cl)cc(OC)c1OC. The van der Waals surface area contributed by atoms with Crippen molar-refractivity contribution in [2.75, 3.05) is 27.9 Å². The van der Waals surface area contributed by atoms with E-state index in [0.717, 1.165) is 0 Å². The number of hydrogen-bond donors (Lipinski definition) is 2. The lowest BCUT2D eigenvalue weighted by Crippen LogP contribution is -2.35. The van der Waals surface area contributed by atoms with Crippen molar-refractivity contribution in [3.8, 4) is 17.2 Å². The van der Waals surface area contributed by atoms with Crippen LogP contribution in [-0.2, 0) is 4.79 Å². The van der Waals surface area contributed by atoms with Crippen LogP contribution in [0, 0.1) is 0 Å². The number of halogens is 2. The number of benzene rings is 2. The van der Waals surface area contributed by atoms with Gasteiger partial charge in [0.2, 0.25) is 5.75 Å². The first-order valence-electron chi connectivity index (χ1n) is 8.24. The van der Waals surface area contributed by atoms with Crippen LogP contribution < -0.4 is 25.0 Å². The average molecular weight is 440 g/mol. The molecule has 0 fully saturated rings. The maximum atomic E-state index is 12.3. The molecule has 2 N–H and O–H groups in total. The van der Waals surface area contributed by atoms with Gasteiger partial charge in [-0.25, -0.2) is 5.43 Å². The molecule has 2 aromatic rings. The molecule has 0 aliphatic carbocycles. The zero-order valence-corrected chi connectivity index (χ0v) is 17.4. The predicted molar refractivity (Wildman–Crippen MR) is 111 cm³/mol. The fraction of sp³-hybridized carbons (Fsp3) is 0.211. The highest BCUT2D eigenvalue weighted by Gasteiger charge is 2.17. The minimum Gasteiger partial charge on any atom is -0.493 e. The minimum absolute atomic E-state index is 0.240. The summed E-state index contributed by atoms with van der Waals surface area (Å²) in [6.45, 7) is -0.290. The first-order valence-corrected chi connectivity index (χ1v) is 9.00. The molecule has 0 aromatic heterocycles. The smallest absolute Gasteiger partial charge is 0.259 e. The van der Waals surface area contributed by atoms with Crippen LogP contribution in [0.2, 0.25) is 10.0 Å². The first kappa shape index (κ1) is 22.3. The molecule has 0 saturated heterocycles. The van der Waals surface area contributed by atoms with Gasteiger partial charge in [-0.05, 0) is 24.3 Å². The van der Waals surface area contributed by atoms with Gasteiger partial charge in [0, 0.05) is 16.1 Å². The number of amides is 2. The molecule has 10 heteroatoms. The van der Waals surface area contributed by atoms with Gasteiger partial charge in [0.25, 0.3) is 11.8 Å². The number of methoxy groups -OCH3 is 3. The first-order chi connectivity index (χ1) is 13.9. The Morgan fingerprint density at radius 2 is 1.69 bits per heavy atom. The number of carbonyl (C=O) groups excluding carboxylic acids is 2. The van der Waals surface area contributed by atoms with Crippen molar-refractivity contribution in [1.82, 2.24) is 10.7 Å². The highest BCUT2D eigenvalue weighted by molar-refractivity contribution is 6.36. The molecule has 2 rings (SSSR count). The third-order valence-electron chi connectivity index (χ3n) is 3.69. The van der Waals surface area contributed by atoms with E-state index in [1.165, 1.54) is 39.7 Å². The molecule has 0 saturated carbocycles. The van der Waals surface area contributed by atoms with Gasteiger partial charge in [-0.3, -0.25) is 9.59 Å². The second-order valence-electron chi connectivity index (χ2n) is 5.56. The van der Waals surface area contributed by atoms with E-state index in [1.54, 1.807) is 18.2 Å². The zero-order valence-electron chi connectivity index (χ0n) is 15.9. The summed E-state index contributed by atoms with van der Waals surface area (Å²) in [7, 11) is 4.34. The lowest BCUT2D eigenvalue weighted by molar-refractivity contribution is -0.120. The summed E-state index contributed by atoms with van der Waals surface area (Å²) in [6.07, 6.45) is 1.37. The standard InChI is InChI=1S/C19H19Cl2N3O5/c1-27-15-6-12(7-16(28-2)18(15)29-3)19(26)22-10-17(25)24-23-9-11-4-5-13(20)8-14(11)21/h4-9H,10H2,1-3H3,(H,22,26)(H,24,25)/b23-9-. The molecule has 0 unspecified atom stereocenters. The summed E-state index contributed by atoms with van der Waals surface area (Å²) in [6, 6.07) is 7.83. The largest absolute Gasteiger partial charge is 0.493 e. The van der Waals surface area contributed by atoms with E-state index >= 15 is 0 Å². The van der Waals surface area contributed by atoms with Gasteiger partial charge >= 0.3 is 0 Å². The Hall–Kier alpha value is -2.97. The van der Waals surface area contributed by atoms with Gasteiger partial charge in [0.05, 0.1) is 39.1 Å². The van der Waals surface area contributed by atoms with Crippen molar-refractivity contribution in [2.45, 2.75) is 0 Å². The summed E-state index contributed by atoms with van der Waals surface area (Å²) in [5, 5.41) is 7.17. The maximum absolute atomic E-state index is 12.3. The van der Waals surface area contributed by atoms with Crippen molar-refractivity contribution in [1.29, 1.82) is 0 Å². The van der Waals surface area contributed by atoms with Crippen molar-refractivity contribution in [2.24, 2.45) is 5.10 Å². The van der Waals surface area contributed by atoms with Crippen LogP contribution in [0.1, 0.15) is 15.9 Å². The van der Waals surface area contributed by atoms with E-state index in [4.69, 9.17) is 37.4 Å². The van der Waals surface area contributed by atoms with Crippen LogP contribution in [0.15, 0.2) is 35.4 Å². The maximum Gasteiger partial charge on any atom is 0.259 e. The van der Waals surface area contributed by atoms with Gasteiger partial charge in [0.15, 0.2) is 11.5 Å². The van der Waals surface area contributed by atoms with Crippen LogP contribution in [0.3, 0.4) is 0 Å². The molecule has 0 atom stereocenters. The zero-order chi connectivity index (χ0) is 21.4. The Kier molecular flexibility index (Phi) is 8.11. The Labute approximate surface area is 177 Å². The summed E-state index contributed by atoms with van der Waals surface area (Å²) >= 11 is 11.8.